The van der Waals surface area contributed by atoms with Crippen molar-refractivity contribution >= 4 is 0 Å². The molecule has 2 aliphatic rings. The van der Waals surface area contributed by atoms with Crippen LogP contribution in [0.2, 0.25) is 0 Å². The molecule has 0 saturated heterocycles. The summed E-state index contributed by atoms with van der Waals surface area (Å²) in [7, 11) is 0. The quantitative estimate of drug-likeness (QED) is 0.582. The molecule has 80 valence electrons. The van der Waals surface area contributed by atoms with Crippen LogP contribution in [-0.2, 0) is 26.2 Å². The second kappa shape index (κ2) is 19.7. The third-order valence-electron chi connectivity index (χ3n) is 1.17. The van der Waals surface area contributed by atoms with Gasteiger partial charge in [0.1, 0.15) is 0 Å². The molecule has 0 fully saturated rings. The van der Waals surface area contributed by atoms with Crippen LogP contribution in [0.5, 0.6) is 0 Å². The molecule has 0 aromatic heterocycles. The first-order valence-electron chi connectivity index (χ1n) is 4.59. The molecule has 2 aliphatic carbocycles. The molecule has 15 heavy (non-hydrogen) atoms. The molecule has 0 spiro atoms. The maximum absolute atomic E-state index is 2.99. The summed E-state index contributed by atoms with van der Waals surface area (Å²) in [4.78, 5) is 0. The zero-order valence-electron chi connectivity index (χ0n) is 9.33. The first-order valence-corrected chi connectivity index (χ1v) is 4.59. The number of hydrogen-bond donors (Lipinski definition) is 0. The molecule has 0 atom stereocenters. The molecule has 0 N–H and O–H groups in total. The third-order valence-corrected chi connectivity index (χ3v) is 1.17. The summed E-state index contributed by atoms with van der Waals surface area (Å²) in [6.07, 6.45) is 22.0. The van der Waals surface area contributed by atoms with Gasteiger partial charge in [-0.15, -0.1) is 12.8 Å². The predicted molar refractivity (Wildman–Crippen MR) is 58.8 cm³/mol. The molecular weight excluding hydrogens is 283 g/mol. The average molecular weight is 300 g/mol. The van der Waals surface area contributed by atoms with Crippen LogP contribution < -0.4 is 12.4 Å². The van der Waals surface area contributed by atoms with Crippen molar-refractivity contribution in [2.45, 2.75) is 26.7 Å². The van der Waals surface area contributed by atoms with Crippen LogP contribution in [-0.4, -0.2) is 0 Å². The fourth-order valence-corrected chi connectivity index (χ4v) is 0.680. The molecule has 0 bridgehead atoms. The molecule has 0 amide bonds. The topological polar surface area (TPSA) is 0 Å². The molecule has 0 radical (unpaired) electrons. The largest absolute Gasteiger partial charge is 4.00 e. The summed E-state index contributed by atoms with van der Waals surface area (Å²) in [5.74, 6) is 0. The van der Waals surface area contributed by atoms with Crippen LogP contribution in [0.4, 0.5) is 0 Å². The van der Waals surface area contributed by atoms with Crippen molar-refractivity contribution in [3.05, 3.63) is 55.0 Å². The van der Waals surface area contributed by atoms with Crippen LogP contribution in [0.15, 0.2) is 36.5 Å². The number of hydrogen-bond acceptors (Lipinski definition) is 0. The molecule has 0 aromatic rings. The van der Waals surface area contributed by atoms with Crippen LogP contribution in [0.25, 0.3) is 0 Å². The number of rotatable bonds is 0. The number of allylic oxidation sites excluding steroid dienone is 8. The fraction of sp³-hybridized carbons (Fsp3) is 0.308. The Balaban J connectivity index is -0.000000140. The van der Waals surface area contributed by atoms with Gasteiger partial charge in [-0.25, -0.2) is 24.3 Å². The van der Waals surface area contributed by atoms with E-state index in [4.69, 9.17) is 0 Å². The molecule has 0 saturated carbocycles. The van der Waals surface area contributed by atoms with E-state index in [2.05, 4.69) is 24.3 Å². The van der Waals surface area contributed by atoms with E-state index in [1.165, 1.54) is 0 Å². The summed E-state index contributed by atoms with van der Waals surface area (Å²) in [6, 6.07) is 0. The summed E-state index contributed by atoms with van der Waals surface area (Å²) >= 11 is 0. The van der Waals surface area contributed by atoms with E-state index in [0.29, 0.717) is 0 Å². The molecule has 0 nitrogen and oxygen atoms in total. The van der Waals surface area contributed by atoms with E-state index in [1.807, 2.05) is 44.6 Å². The average Bonchev–Trinajstić information content (AvgIpc) is 2.85. The smallest absolute Gasteiger partial charge is 1.00 e. The maximum atomic E-state index is 2.99. The summed E-state index contributed by atoms with van der Waals surface area (Å²) in [6.45, 7) is 4.00. The van der Waals surface area contributed by atoms with Gasteiger partial charge in [0.2, 0.25) is 0 Å². The Labute approximate surface area is 120 Å². The van der Waals surface area contributed by atoms with Crippen LogP contribution in [0.1, 0.15) is 26.7 Å². The Morgan fingerprint density at radius 1 is 0.933 bits per heavy atom. The van der Waals surface area contributed by atoms with E-state index >= 15 is 0 Å². The molecule has 0 unspecified atom stereocenters. The van der Waals surface area contributed by atoms with Crippen molar-refractivity contribution in [1.29, 1.82) is 0 Å². The minimum absolute atomic E-state index is 0. The van der Waals surface area contributed by atoms with Gasteiger partial charge in [-0.2, -0.15) is 26.0 Å². The standard InChI is InChI=1S/2C5H5.C3H7.ClH.Zr/c2*1-2-4-5-3-1;1-3-2;;/h2*1-3H,4H2;3H,1-2H3;1H;/q3*-1;;+4/p-1. The third kappa shape index (κ3) is 20.3. The van der Waals surface area contributed by atoms with Crippen molar-refractivity contribution in [3.8, 4) is 0 Å². The molecule has 0 aromatic carbocycles. The van der Waals surface area contributed by atoms with Crippen molar-refractivity contribution in [3.63, 3.8) is 0 Å². The Morgan fingerprint density at radius 2 is 1.27 bits per heavy atom. The second-order valence-electron chi connectivity index (χ2n) is 2.58. The van der Waals surface area contributed by atoms with Gasteiger partial charge in [-0.3, -0.25) is 12.2 Å². The van der Waals surface area contributed by atoms with Crippen LogP contribution in [0.3, 0.4) is 0 Å². The van der Waals surface area contributed by atoms with Gasteiger partial charge in [0, 0.05) is 0 Å². The number of halogens is 1. The van der Waals surface area contributed by atoms with E-state index in [9.17, 15) is 0 Å². The summed E-state index contributed by atoms with van der Waals surface area (Å²) in [5, 5.41) is 0. The Bertz CT molecular complexity index is 161. The Kier molecular flexibility index (Phi) is 26.9. The molecule has 0 aliphatic heterocycles. The predicted octanol–water partition coefficient (Wildman–Crippen LogP) is 0.843. The van der Waals surface area contributed by atoms with Gasteiger partial charge in [-0.1, -0.05) is 0 Å². The zero-order chi connectivity index (χ0) is 9.78. The van der Waals surface area contributed by atoms with Crippen molar-refractivity contribution in [2.24, 2.45) is 0 Å². The van der Waals surface area contributed by atoms with Crippen LogP contribution >= 0.6 is 0 Å². The normalized spacial score (nSPS) is 12.9. The first-order chi connectivity index (χ1) is 6.41. The second-order valence-corrected chi connectivity index (χ2v) is 2.58. The van der Waals surface area contributed by atoms with Crippen LogP contribution in [0, 0.1) is 18.6 Å². The van der Waals surface area contributed by atoms with Gasteiger partial charge in [0.25, 0.3) is 0 Å². The molecule has 2 heteroatoms. The van der Waals surface area contributed by atoms with Crippen molar-refractivity contribution < 1.29 is 38.6 Å². The monoisotopic (exact) mass is 298 g/mol. The van der Waals surface area contributed by atoms with E-state index in [-0.39, 0.29) is 38.6 Å². The minimum atomic E-state index is 0. The Morgan fingerprint density at radius 3 is 1.33 bits per heavy atom. The maximum Gasteiger partial charge on any atom is 4.00 e. The minimum Gasteiger partial charge on any atom is -1.00 e. The van der Waals surface area contributed by atoms with Crippen molar-refractivity contribution in [2.75, 3.05) is 0 Å². The van der Waals surface area contributed by atoms with Gasteiger partial charge < -0.3 is 18.8 Å². The molecule has 2 rings (SSSR count). The zero-order valence-corrected chi connectivity index (χ0v) is 12.5. The van der Waals surface area contributed by atoms with E-state index < -0.39 is 0 Å². The van der Waals surface area contributed by atoms with Gasteiger partial charge in [0.05, 0.1) is 0 Å². The Hall–Kier alpha value is 0.133. The molecule has 0 heterocycles. The van der Waals surface area contributed by atoms with E-state index in [0.717, 1.165) is 12.8 Å². The van der Waals surface area contributed by atoms with Crippen molar-refractivity contribution in [1.82, 2.24) is 0 Å². The SMILES string of the molecule is C[CH-]C.[C-]1=CC=CC1.[C-]1=CC=CC1.[Cl-].[Zr+4]. The van der Waals surface area contributed by atoms with E-state index in [1.54, 1.807) is 0 Å². The first kappa shape index (κ1) is 20.5. The fourth-order valence-electron chi connectivity index (χ4n) is 0.680. The molecular formula is C13H17ClZr. The van der Waals surface area contributed by atoms with Gasteiger partial charge >= 0.3 is 26.2 Å². The summed E-state index contributed by atoms with van der Waals surface area (Å²) in [5.41, 5.74) is 0. The summed E-state index contributed by atoms with van der Waals surface area (Å²) < 4.78 is 0. The van der Waals surface area contributed by atoms with Gasteiger partial charge in [0.15, 0.2) is 0 Å². The van der Waals surface area contributed by atoms with Gasteiger partial charge in [-0.05, 0) is 0 Å².